The highest BCUT2D eigenvalue weighted by molar-refractivity contribution is 6.02. The lowest BCUT2D eigenvalue weighted by atomic mass is 10.3. The number of nitrogens with zero attached hydrogens (tertiary/aromatic N) is 3. The van der Waals surface area contributed by atoms with Crippen LogP contribution in [0.4, 0.5) is 5.82 Å². The third-order valence-corrected chi connectivity index (χ3v) is 2.36. The van der Waals surface area contributed by atoms with Gasteiger partial charge in [-0.05, 0) is 18.1 Å². The van der Waals surface area contributed by atoms with Crippen molar-refractivity contribution in [2.75, 3.05) is 11.9 Å². The summed E-state index contributed by atoms with van der Waals surface area (Å²) in [5, 5.41) is 2.69. The Morgan fingerprint density at radius 2 is 2.37 bits per heavy atom. The Hall–Kier alpha value is -2.65. The van der Waals surface area contributed by atoms with Crippen LogP contribution in [0, 0.1) is 11.8 Å². The van der Waals surface area contributed by atoms with Crippen molar-refractivity contribution in [2.45, 2.75) is 0 Å². The maximum absolute atomic E-state index is 12.0. The normalized spacial score (nSPS) is 9.58. The Morgan fingerprint density at radius 3 is 3.05 bits per heavy atom. The molecule has 0 atom stereocenters. The van der Waals surface area contributed by atoms with Gasteiger partial charge >= 0.3 is 0 Å². The lowest BCUT2D eigenvalue weighted by Gasteiger charge is -2.04. The summed E-state index contributed by atoms with van der Waals surface area (Å²) in [5.74, 6) is 5.69. The lowest BCUT2D eigenvalue weighted by molar-refractivity contribution is 0.101. The Balaban J connectivity index is 2.15. The van der Waals surface area contributed by atoms with Crippen molar-refractivity contribution in [2.24, 2.45) is 12.8 Å². The van der Waals surface area contributed by atoms with Gasteiger partial charge in [0, 0.05) is 7.05 Å². The van der Waals surface area contributed by atoms with E-state index in [1.54, 1.807) is 36.1 Å². The summed E-state index contributed by atoms with van der Waals surface area (Å²) in [6.07, 6.45) is 3.05. The molecule has 96 valence electrons. The molecule has 0 bridgehead atoms. The summed E-state index contributed by atoms with van der Waals surface area (Å²) in [4.78, 5) is 20.0. The van der Waals surface area contributed by atoms with Crippen LogP contribution in [0.3, 0.4) is 0 Å². The molecule has 0 aliphatic carbocycles. The number of nitrogens with two attached hydrogens (primary N) is 1. The number of hydrogen-bond donors (Lipinski definition) is 2. The van der Waals surface area contributed by atoms with Gasteiger partial charge < -0.3 is 15.6 Å². The fourth-order valence-corrected chi connectivity index (χ4v) is 1.47. The van der Waals surface area contributed by atoms with Gasteiger partial charge in [0.2, 0.25) is 0 Å². The van der Waals surface area contributed by atoms with Gasteiger partial charge in [-0.15, -0.1) is 0 Å². The van der Waals surface area contributed by atoms with E-state index >= 15 is 0 Å². The summed E-state index contributed by atoms with van der Waals surface area (Å²) < 4.78 is 1.63. The van der Waals surface area contributed by atoms with Gasteiger partial charge in [0.15, 0.2) is 0 Å². The van der Waals surface area contributed by atoms with Crippen molar-refractivity contribution in [1.29, 1.82) is 0 Å². The molecule has 0 aliphatic rings. The number of imidazole rings is 1. The Bertz CT molecular complexity index is 650. The van der Waals surface area contributed by atoms with Crippen LogP contribution < -0.4 is 11.1 Å². The largest absolute Gasteiger partial charge is 0.330 e. The van der Waals surface area contributed by atoms with E-state index in [0.717, 1.165) is 0 Å². The van der Waals surface area contributed by atoms with E-state index in [1.807, 2.05) is 0 Å². The zero-order valence-electron chi connectivity index (χ0n) is 10.4. The number of aromatic nitrogens is 3. The first-order valence-corrected chi connectivity index (χ1v) is 5.64. The second-order valence-electron chi connectivity index (χ2n) is 3.76. The summed E-state index contributed by atoms with van der Waals surface area (Å²) in [5.41, 5.74) is 6.32. The highest BCUT2D eigenvalue weighted by Crippen LogP contribution is 2.06. The number of rotatable bonds is 2. The SMILES string of the molecule is Cn1cncc1C(=O)Nc1cccc(C#CCN)n1. The number of carbonyl (C=O) groups excluding carboxylic acids is 1. The van der Waals surface area contributed by atoms with Crippen molar-refractivity contribution in [3.05, 3.63) is 42.1 Å². The first kappa shape index (κ1) is 12.8. The molecule has 2 rings (SSSR count). The van der Waals surface area contributed by atoms with Crippen molar-refractivity contribution in [3.63, 3.8) is 0 Å². The average molecular weight is 255 g/mol. The highest BCUT2D eigenvalue weighted by Gasteiger charge is 2.10. The van der Waals surface area contributed by atoms with E-state index in [1.165, 1.54) is 6.20 Å². The van der Waals surface area contributed by atoms with E-state index in [0.29, 0.717) is 17.2 Å². The number of aryl methyl sites for hydroxylation is 1. The number of nitrogens with one attached hydrogen (secondary N) is 1. The monoisotopic (exact) mass is 255 g/mol. The molecule has 6 nitrogen and oxygen atoms in total. The molecule has 0 spiro atoms. The zero-order chi connectivity index (χ0) is 13.7. The predicted octanol–water partition coefficient (Wildman–Crippen LogP) is 0.378. The molecular formula is C13H13N5O. The van der Waals surface area contributed by atoms with E-state index in [-0.39, 0.29) is 12.5 Å². The van der Waals surface area contributed by atoms with Crippen LogP contribution in [-0.2, 0) is 7.05 Å². The Labute approximate surface area is 110 Å². The quantitative estimate of drug-likeness (QED) is 0.759. The molecular weight excluding hydrogens is 242 g/mol. The van der Waals surface area contributed by atoms with Gasteiger partial charge in [-0.2, -0.15) is 0 Å². The van der Waals surface area contributed by atoms with Gasteiger partial charge in [-0.3, -0.25) is 4.79 Å². The molecule has 19 heavy (non-hydrogen) atoms. The minimum absolute atomic E-state index is 0.267. The average Bonchev–Trinajstić information content (AvgIpc) is 2.83. The predicted molar refractivity (Wildman–Crippen MR) is 71.3 cm³/mol. The van der Waals surface area contributed by atoms with Gasteiger partial charge in [0.1, 0.15) is 17.2 Å². The smallest absolute Gasteiger partial charge is 0.275 e. The summed E-state index contributed by atoms with van der Waals surface area (Å²) >= 11 is 0. The van der Waals surface area contributed by atoms with Crippen LogP contribution in [0.25, 0.3) is 0 Å². The van der Waals surface area contributed by atoms with Crippen molar-refractivity contribution < 1.29 is 4.79 Å². The van der Waals surface area contributed by atoms with Crippen molar-refractivity contribution in [1.82, 2.24) is 14.5 Å². The molecule has 0 aromatic carbocycles. The minimum Gasteiger partial charge on any atom is -0.330 e. The maximum atomic E-state index is 12.0. The van der Waals surface area contributed by atoms with E-state index < -0.39 is 0 Å². The van der Waals surface area contributed by atoms with Gasteiger partial charge in [-0.1, -0.05) is 12.0 Å². The number of pyridine rings is 1. The second-order valence-corrected chi connectivity index (χ2v) is 3.76. The van der Waals surface area contributed by atoms with Crippen LogP contribution in [0.15, 0.2) is 30.7 Å². The van der Waals surface area contributed by atoms with Crippen LogP contribution in [0.1, 0.15) is 16.2 Å². The molecule has 3 N–H and O–H groups in total. The molecule has 2 aromatic heterocycles. The molecule has 0 radical (unpaired) electrons. The van der Waals surface area contributed by atoms with Gasteiger partial charge in [0.25, 0.3) is 5.91 Å². The van der Waals surface area contributed by atoms with Crippen LogP contribution >= 0.6 is 0 Å². The van der Waals surface area contributed by atoms with Crippen LogP contribution in [0.5, 0.6) is 0 Å². The lowest BCUT2D eigenvalue weighted by Crippen LogP contribution is -2.16. The fourth-order valence-electron chi connectivity index (χ4n) is 1.47. The number of hydrogen-bond acceptors (Lipinski definition) is 4. The third-order valence-electron chi connectivity index (χ3n) is 2.36. The molecule has 0 unspecified atom stereocenters. The first-order valence-electron chi connectivity index (χ1n) is 5.64. The van der Waals surface area contributed by atoms with Crippen LogP contribution in [0.2, 0.25) is 0 Å². The number of amides is 1. The number of carbonyl (C=O) groups is 1. The molecule has 0 aliphatic heterocycles. The van der Waals surface area contributed by atoms with E-state index in [4.69, 9.17) is 5.73 Å². The summed E-state index contributed by atoms with van der Waals surface area (Å²) in [7, 11) is 1.75. The molecule has 0 saturated carbocycles. The van der Waals surface area contributed by atoms with Gasteiger partial charge in [-0.25, -0.2) is 9.97 Å². The maximum Gasteiger partial charge on any atom is 0.275 e. The van der Waals surface area contributed by atoms with Crippen LogP contribution in [-0.4, -0.2) is 27.0 Å². The van der Waals surface area contributed by atoms with Crippen molar-refractivity contribution in [3.8, 4) is 11.8 Å². The Kier molecular flexibility index (Phi) is 3.90. The third kappa shape index (κ3) is 3.18. The fraction of sp³-hybridized carbons (Fsp3) is 0.154. The molecule has 0 saturated heterocycles. The standard InChI is InChI=1S/C13H13N5O/c1-18-9-15-8-11(18)13(19)17-12-6-2-4-10(16-12)5-3-7-14/h2,4,6,8-9H,7,14H2,1H3,(H,16,17,19). The topological polar surface area (TPSA) is 85.8 Å². The molecule has 6 heteroatoms. The Morgan fingerprint density at radius 1 is 1.53 bits per heavy atom. The second kappa shape index (κ2) is 5.80. The molecule has 0 fully saturated rings. The molecule has 2 heterocycles. The van der Waals surface area contributed by atoms with Crippen molar-refractivity contribution >= 4 is 11.7 Å². The summed E-state index contributed by atoms with van der Waals surface area (Å²) in [6, 6.07) is 5.22. The molecule has 1 amide bonds. The minimum atomic E-state index is -0.267. The highest BCUT2D eigenvalue weighted by atomic mass is 16.2. The first-order chi connectivity index (χ1) is 9.20. The number of anilines is 1. The van der Waals surface area contributed by atoms with E-state index in [9.17, 15) is 4.79 Å². The summed E-state index contributed by atoms with van der Waals surface area (Å²) in [6.45, 7) is 0.271. The van der Waals surface area contributed by atoms with E-state index in [2.05, 4.69) is 27.1 Å². The molecule has 2 aromatic rings. The van der Waals surface area contributed by atoms with Gasteiger partial charge in [0.05, 0.1) is 19.1 Å². The zero-order valence-corrected chi connectivity index (χ0v) is 10.4.